The second-order valence-corrected chi connectivity index (χ2v) is 8.01. The Bertz CT molecular complexity index is 413. The van der Waals surface area contributed by atoms with Crippen LogP contribution >= 0.6 is 0 Å². The molecule has 4 nitrogen and oxygen atoms in total. The maximum atomic E-state index is 11.0. The zero-order valence-corrected chi connectivity index (χ0v) is 18.6. The highest BCUT2D eigenvalue weighted by Gasteiger charge is 2.37. The SMILES string of the molecule is CCCCCC1OB(CCCC)OC1C/C=C\CCCCCCCC(=O)OC. The smallest absolute Gasteiger partial charge is 0.457 e. The topological polar surface area (TPSA) is 44.8 Å². The Morgan fingerprint density at radius 3 is 2.36 bits per heavy atom. The minimum atomic E-state index is -0.0917. The first-order valence-electron chi connectivity index (χ1n) is 11.7. The van der Waals surface area contributed by atoms with E-state index >= 15 is 0 Å². The monoisotopic (exact) mass is 394 g/mol. The van der Waals surface area contributed by atoms with Crippen LogP contribution in [-0.2, 0) is 18.8 Å². The molecule has 0 radical (unpaired) electrons. The second-order valence-electron chi connectivity index (χ2n) is 8.01. The number of carbonyl (C=O) groups is 1. The minimum absolute atomic E-state index is 0.00923. The van der Waals surface area contributed by atoms with Crippen molar-refractivity contribution >= 4 is 13.1 Å². The molecule has 0 aromatic rings. The number of allylic oxidation sites excluding steroid dienone is 1. The minimum Gasteiger partial charge on any atom is -0.469 e. The van der Waals surface area contributed by atoms with E-state index in [0.717, 1.165) is 38.4 Å². The molecule has 0 aromatic heterocycles. The standard InChI is InChI=1S/C23H43BO4/c1-4-6-14-17-21-22(28-24(27-21)20-7-5-2)18-15-12-10-8-9-11-13-16-19-23(25)26-3/h12,15,21-22H,4-11,13-14,16-20H2,1-3H3/b15-12-. The lowest BCUT2D eigenvalue weighted by Gasteiger charge is -2.16. The van der Waals surface area contributed by atoms with Crippen molar-refractivity contribution in [3.8, 4) is 0 Å². The Kier molecular flexibility index (Phi) is 15.4. The van der Waals surface area contributed by atoms with Crippen molar-refractivity contribution in [3.05, 3.63) is 12.2 Å². The van der Waals surface area contributed by atoms with Crippen LogP contribution in [0.5, 0.6) is 0 Å². The average Bonchev–Trinajstić information content (AvgIpc) is 3.09. The first-order chi connectivity index (χ1) is 13.7. The van der Waals surface area contributed by atoms with Gasteiger partial charge in [0.15, 0.2) is 0 Å². The molecule has 0 aromatic carbocycles. The first-order valence-corrected chi connectivity index (χ1v) is 11.7. The highest BCUT2D eigenvalue weighted by molar-refractivity contribution is 6.45. The molecule has 1 rings (SSSR count). The molecule has 0 N–H and O–H groups in total. The molecule has 0 saturated carbocycles. The Morgan fingerprint density at radius 1 is 0.893 bits per heavy atom. The lowest BCUT2D eigenvalue weighted by molar-refractivity contribution is -0.140. The van der Waals surface area contributed by atoms with Gasteiger partial charge in [0.1, 0.15) is 0 Å². The fraction of sp³-hybridized carbons (Fsp3) is 0.870. The molecule has 2 atom stereocenters. The fourth-order valence-electron chi connectivity index (χ4n) is 3.67. The van der Waals surface area contributed by atoms with E-state index in [-0.39, 0.29) is 25.3 Å². The molecule has 1 aliphatic heterocycles. The summed E-state index contributed by atoms with van der Waals surface area (Å²) in [5.41, 5.74) is 0. The van der Waals surface area contributed by atoms with E-state index in [4.69, 9.17) is 9.31 Å². The predicted octanol–water partition coefficient (Wildman–Crippen LogP) is 6.49. The maximum Gasteiger partial charge on any atom is 0.457 e. The summed E-state index contributed by atoms with van der Waals surface area (Å²) >= 11 is 0. The molecule has 28 heavy (non-hydrogen) atoms. The van der Waals surface area contributed by atoms with Gasteiger partial charge in [-0.2, -0.15) is 0 Å². The van der Waals surface area contributed by atoms with Crippen LogP contribution in [0.2, 0.25) is 6.32 Å². The van der Waals surface area contributed by atoms with Crippen molar-refractivity contribution < 1.29 is 18.8 Å². The number of methoxy groups -OCH3 is 1. The summed E-state index contributed by atoms with van der Waals surface area (Å²) in [7, 11) is 1.46. The fourth-order valence-corrected chi connectivity index (χ4v) is 3.67. The van der Waals surface area contributed by atoms with E-state index in [0.29, 0.717) is 6.42 Å². The normalized spacial score (nSPS) is 19.6. The van der Waals surface area contributed by atoms with Gasteiger partial charge in [0.2, 0.25) is 0 Å². The highest BCUT2D eigenvalue weighted by Crippen LogP contribution is 2.27. The number of hydrogen-bond acceptors (Lipinski definition) is 4. The van der Waals surface area contributed by atoms with Crippen molar-refractivity contribution in [2.45, 2.75) is 122 Å². The van der Waals surface area contributed by atoms with Gasteiger partial charge in [-0.25, -0.2) is 0 Å². The molecule has 1 aliphatic rings. The molecule has 0 spiro atoms. The molecule has 162 valence electrons. The third kappa shape index (κ3) is 11.9. The molecule has 1 saturated heterocycles. The summed E-state index contributed by atoms with van der Waals surface area (Å²) in [4.78, 5) is 11.0. The van der Waals surface area contributed by atoms with Crippen molar-refractivity contribution in [1.29, 1.82) is 0 Å². The largest absolute Gasteiger partial charge is 0.469 e. The number of ether oxygens (including phenoxy) is 1. The van der Waals surface area contributed by atoms with Gasteiger partial charge in [-0.05, 0) is 38.4 Å². The van der Waals surface area contributed by atoms with Gasteiger partial charge in [-0.3, -0.25) is 4.79 Å². The maximum absolute atomic E-state index is 11.0. The van der Waals surface area contributed by atoms with Crippen LogP contribution in [0.25, 0.3) is 0 Å². The van der Waals surface area contributed by atoms with Gasteiger partial charge in [0.25, 0.3) is 0 Å². The number of esters is 1. The van der Waals surface area contributed by atoms with Gasteiger partial charge in [0.05, 0.1) is 19.3 Å². The van der Waals surface area contributed by atoms with Gasteiger partial charge < -0.3 is 14.0 Å². The van der Waals surface area contributed by atoms with Crippen LogP contribution in [0.3, 0.4) is 0 Å². The van der Waals surface area contributed by atoms with Crippen molar-refractivity contribution in [2.24, 2.45) is 0 Å². The van der Waals surface area contributed by atoms with E-state index in [9.17, 15) is 4.79 Å². The third-order valence-corrected chi connectivity index (χ3v) is 5.47. The summed E-state index contributed by atoms with van der Waals surface area (Å²) < 4.78 is 17.0. The quantitative estimate of drug-likeness (QED) is 0.122. The van der Waals surface area contributed by atoms with E-state index in [1.54, 1.807) is 0 Å². The summed E-state index contributed by atoms with van der Waals surface area (Å²) in [6.07, 6.45) is 21.7. The molecule has 0 aliphatic carbocycles. The molecule has 2 unspecified atom stereocenters. The van der Waals surface area contributed by atoms with Crippen LogP contribution in [0.1, 0.15) is 104 Å². The second kappa shape index (κ2) is 17.1. The Morgan fingerprint density at radius 2 is 1.61 bits per heavy atom. The van der Waals surface area contributed by atoms with Crippen LogP contribution in [0.4, 0.5) is 0 Å². The zero-order chi connectivity index (χ0) is 20.5. The van der Waals surface area contributed by atoms with E-state index in [2.05, 4.69) is 30.7 Å². The molecule has 5 heteroatoms. The molecule has 1 fully saturated rings. The lowest BCUT2D eigenvalue weighted by atomic mass is 9.83. The Balaban J connectivity index is 2.16. The van der Waals surface area contributed by atoms with Crippen LogP contribution < -0.4 is 0 Å². The van der Waals surface area contributed by atoms with Crippen molar-refractivity contribution in [1.82, 2.24) is 0 Å². The van der Waals surface area contributed by atoms with Crippen molar-refractivity contribution in [3.63, 3.8) is 0 Å². The number of unbranched alkanes of at least 4 members (excludes halogenated alkanes) is 8. The lowest BCUT2D eigenvalue weighted by Crippen LogP contribution is -2.21. The van der Waals surface area contributed by atoms with Crippen LogP contribution in [0, 0.1) is 0 Å². The number of hydrogen-bond donors (Lipinski definition) is 0. The summed E-state index contributed by atoms with van der Waals surface area (Å²) in [6.45, 7) is 4.46. The van der Waals surface area contributed by atoms with E-state index in [1.807, 2.05) is 0 Å². The van der Waals surface area contributed by atoms with Gasteiger partial charge in [-0.15, -0.1) is 0 Å². The van der Waals surface area contributed by atoms with Gasteiger partial charge in [-0.1, -0.05) is 77.4 Å². The van der Waals surface area contributed by atoms with Crippen molar-refractivity contribution in [2.75, 3.05) is 7.11 Å². The Labute approximate surface area is 173 Å². The Hall–Kier alpha value is -0.805. The molecule has 1 heterocycles. The number of carbonyl (C=O) groups excluding carboxylic acids is 1. The molecule has 0 bridgehead atoms. The highest BCUT2D eigenvalue weighted by atomic mass is 16.7. The molecular weight excluding hydrogens is 351 g/mol. The summed E-state index contributed by atoms with van der Waals surface area (Å²) in [5, 5.41) is 0. The zero-order valence-electron chi connectivity index (χ0n) is 18.6. The molecule has 0 amide bonds. The third-order valence-electron chi connectivity index (χ3n) is 5.47. The summed E-state index contributed by atoms with van der Waals surface area (Å²) in [6, 6.07) is 0. The van der Waals surface area contributed by atoms with Gasteiger partial charge in [0, 0.05) is 6.42 Å². The summed E-state index contributed by atoms with van der Waals surface area (Å²) in [5.74, 6) is -0.0917. The predicted molar refractivity (Wildman–Crippen MR) is 117 cm³/mol. The van der Waals surface area contributed by atoms with Gasteiger partial charge >= 0.3 is 13.1 Å². The average molecular weight is 394 g/mol. The first kappa shape index (κ1) is 25.2. The molecular formula is C23H43BO4. The van der Waals surface area contributed by atoms with Crippen LogP contribution in [0.15, 0.2) is 12.2 Å². The van der Waals surface area contributed by atoms with E-state index in [1.165, 1.54) is 58.5 Å². The number of rotatable bonds is 17. The van der Waals surface area contributed by atoms with E-state index < -0.39 is 0 Å². The van der Waals surface area contributed by atoms with Crippen LogP contribution in [-0.4, -0.2) is 32.4 Å².